The van der Waals surface area contributed by atoms with E-state index in [2.05, 4.69) is 18.7 Å². The number of halogens is 1. The number of ether oxygens (including phenoxy) is 1. The molecule has 0 fully saturated rings. The lowest BCUT2D eigenvalue weighted by Crippen LogP contribution is -2.37. The van der Waals surface area contributed by atoms with Gasteiger partial charge in [-0.1, -0.05) is 19.1 Å². The molecule has 1 rings (SSSR count). The molecule has 19 heavy (non-hydrogen) atoms. The van der Waals surface area contributed by atoms with Crippen molar-refractivity contribution in [3.8, 4) is 0 Å². The smallest absolute Gasteiger partial charge is 0.146 e. The lowest BCUT2D eigenvalue weighted by Gasteiger charge is -2.32. The summed E-state index contributed by atoms with van der Waals surface area (Å²) in [6.45, 7) is 6.00. The molecule has 0 bridgehead atoms. The highest BCUT2D eigenvalue weighted by atomic mass is 19.1. The van der Waals surface area contributed by atoms with Gasteiger partial charge < -0.3 is 15.4 Å². The van der Waals surface area contributed by atoms with E-state index in [0.29, 0.717) is 31.8 Å². The van der Waals surface area contributed by atoms with Crippen LogP contribution >= 0.6 is 0 Å². The summed E-state index contributed by atoms with van der Waals surface area (Å²) < 4.78 is 19.4. The first-order valence-electron chi connectivity index (χ1n) is 6.88. The Balaban J connectivity index is 3.11. The van der Waals surface area contributed by atoms with Gasteiger partial charge in [0.15, 0.2) is 0 Å². The molecular weight excluding hydrogens is 243 g/mol. The zero-order chi connectivity index (χ0) is 14.3. The molecule has 0 aliphatic carbocycles. The van der Waals surface area contributed by atoms with Crippen LogP contribution in [-0.4, -0.2) is 32.8 Å². The third-order valence-electron chi connectivity index (χ3n) is 3.43. The number of benzene rings is 1. The van der Waals surface area contributed by atoms with E-state index in [1.54, 1.807) is 13.2 Å². The molecule has 0 amide bonds. The maximum absolute atomic E-state index is 14.2. The second-order valence-electron chi connectivity index (χ2n) is 4.73. The number of methoxy groups -OCH3 is 1. The van der Waals surface area contributed by atoms with Crippen LogP contribution in [0.2, 0.25) is 0 Å². The Bertz CT molecular complexity index is 384. The molecule has 4 heteroatoms. The highest BCUT2D eigenvalue weighted by molar-refractivity contribution is 5.55. The van der Waals surface area contributed by atoms with Gasteiger partial charge in [0.1, 0.15) is 5.82 Å². The molecule has 0 aliphatic rings. The minimum atomic E-state index is -0.178. The molecule has 0 aromatic heterocycles. The van der Waals surface area contributed by atoms with Crippen molar-refractivity contribution in [2.24, 2.45) is 5.73 Å². The van der Waals surface area contributed by atoms with Crippen molar-refractivity contribution in [1.29, 1.82) is 0 Å². The average Bonchev–Trinajstić information content (AvgIpc) is 2.41. The number of hydrogen-bond acceptors (Lipinski definition) is 3. The third-order valence-corrected chi connectivity index (χ3v) is 3.43. The fourth-order valence-electron chi connectivity index (χ4n) is 2.20. The molecule has 1 aromatic carbocycles. The Hall–Kier alpha value is -1.13. The van der Waals surface area contributed by atoms with Gasteiger partial charge in [-0.3, -0.25) is 0 Å². The monoisotopic (exact) mass is 268 g/mol. The summed E-state index contributed by atoms with van der Waals surface area (Å²) in [4.78, 5) is 2.09. The Morgan fingerprint density at radius 1 is 1.42 bits per heavy atom. The van der Waals surface area contributed by atoms with Crippen LogP contribution in [0, 0.1) is 5.82 Å². The summed E-state index contributed by atoms with van der Waals surface area (Å²) in [7, 11) is 1.66. The predicted octanol–water partition coefficient (Wildman–Crippen LogP) is 2.58. The van der Waals surface area contributed by atoms with Gasteiger partial charge in [-0.2, -0.15) is 0 Å². The summed E-state index contributed by atoms with van der Waals surface area (Å²) in [6.07, 6.45) is 1.65. The van der Waals surface area contributed by atoms with Gasteiger partial charge in [0, 0.05) is 19.7 Å². The molecule has 0 aliphatic heterocycles. The van der Waals surface area contributed by atoms with E-state index in [4.69, 9.17) is 10.5 Å². The second kappa shape index (κ2) is 8.12. The molecule has 1 aromatic rings. The molecule has 0 spiro atoms. The van der Waals surface area contributed by atoms with Crippen LogP contribution in [0.5, 0.6) is 0 Å². The first-order chi connectivity index (χ1) is 9.15. The number of para-hydroxylation sites is 1. The van der Waals surface area contributed by atoms with E-state index in [0.717, 1.165) is 12.0 Å². The number of hydrogen-bond donors (Lipinski definition) is 1. The standard InChI is InChI=1S/C15H25FN2O/c1-4-12(2)18(10-11-19-3)15-13(8-9-17)6-5-7-14(15)16/h5-7,12H,4,8-11,17H2,1-3H3. The molecule has 0 radical (unpaired) electrons. The maximum Gasteiger partial charge on any atom is 0.146 e. The van der Waals surface area contributed by atoms with Crippen LogP contribution in [0.4, 0.5) is 10.1 Å². The van der Waals surface area contributed by atoms with Gasteiger partial charge in [0.25, 0.3) is 0 Å². The van der Waals surface area contributed by atoms with Gasteiger partial charge in [0.2, 0.25) is 0 Å². The Kier molecular flexibility index (Phi) is 6.81. The predicted molar refractivity (Wildman–Crippen MR) is 78.1 cm³/mol. The largest absolute Gasteiger partial charge is 0.383 e. The Labute approximate surface area is 115 Å². The first-order valence-corrected chi connectivity index (χ1v) is 6.88. The van der Waals surface area contributed by atoms with Crippen molar-refractivity contribution >= 4 is 5.69 Å². The highest BCUT2D eigenvalue weighted by Gasteiger charge is 2.19. The van der Waals surface area contributed by atoms with Crippen LogP contribution in [0.25, 0.3) is 0 Å². The third kappa shape index (κ3) is 4.18. The SMILES string of the molecule is CCC(C)N(CCOC)c1c(F)cccc1CCN. The fourth-order valence-corrected chi connectivity index (χ4v) is 2.20. The highest BCUT2D eigenvalue weighted by Crippen LogP contribution is 2.27. The zero-order valence-corrected chi connectivity index (χ0v) is 12.2. The molecule has 1 unspecified atom stereocenters. The van der Waals surface area contributed by atoms with Crippen molar-refractivity contribution in [3.63, 3.8) is 0 Å². The molecule has 2 N–H and O–H groups in total. The van der Waals surface area contributed by atoms with Crippen molar-refractivity contribution in [2.45, 2.75) is 32.7 Å². The minimum Gasteiger partial charge on any atom is -0.383 e. The van der Waals surface area contributed by atoms with Gasteiger partial charge in [-0.05, 0) is 37.9 Å². The molecule has 108 valence electrons. The van der Waals surface area contributed by atoms with E-state index in [-0.39, 0.29) is 11.9 Å². The lowest BCUT2D eigenvalue weighted by atomic mass is 10.1. The molecule has 0 saturated carbocycles. The topological polar surface area (TPSA) is 38.5 Å². The first kappa shape index (κ1) is 15.9. The van der Waals surface area contributed by atoms with E-state index in [1.807, 2.05) is 6.07 Å². The van der Waals surface area contributed by atoms with E-state index < -0.39 is 0 Å². The maximum atomic E-state index is 14.2. The summed E-state index contributed by atoms with van der Waals surface area (Å²) in [5, 5.41) is 0. The van der Waals surface area contributed by atoms with E-state index in [9.17, 15) is 4.39 Å². The van der Waals surface area contributed by atoms with E-state index in [1.165, 1.54) is 6.07 Å². The molecule has 3 nitrogen and oxygen atoms in total. The van der Waals surface area contributed by atoms with Crippen molar-refractivity contribution in [3.05, 3.63) is 29.6 Å². The van der Waals surface area contributed by atoms with Crippen LogP contribution < -0.4 is 10.6 Å². The summed E-state index contributed by atoms with van der Waals surface area (Å²) in [5.74, 6) is -0.178. The van der Waals surface area contributed by atoms with Crippen molar-refractivity contribution in [2.75, 3.05) is 31.7 Å². The van der Waals surface area contributed by atoms with Crippen LogP contribution in [0.1, 0.15) is 25.8 Å². The Morgan fingerprint density at radius 3 is 2.74 bits per heavy atom. The number of nitrogens with two attached hydrogens (primary N) is 1. The van der Waals surface area contributed by atoms with Gasteiger partial charge >= 0.3 is 0 Å². The average molecular weight is 268 g/mol. The van der Waals surface area contributed by atoms with Crippen LogP contribution in [-0.2, 0) is 11.2 Å². The van der Waals surface area contributed by atoms with Gasteiger partial charge in [-0.15, -0.1) is 0 Å². The molecule has 0 saturated heterocycles. The van der Waals surface area contributed by atoms with Crippen LogP contribution in [0.15, 0.2) is 18.2 Å². The summed E-state index contributed by atoms with van der Waals surface area (Å²) in [6, 6.07) is 5.48. The van der Waals surface area contributed by atoms with Gasteiger partial charge in [-0.25, -0.2) is 4.39 Å². The fraction of sp³-hybridized carbons (Fsp3) is 0.600. The second-order valence-corrected chi connectivity index (χ2v) is 4.73. The summed E-state index contributed by atoms with van der Waals surface area (Å²) in [5.41, 5.74) is 7.27. The van der Waals surface area contributed by atoms with Gasteiger partial charge in [0.05, 0.1) is 12.3 Å². The molecule has 0 heterocycles. The molecular formula is C15H25FN2O. The molecule has 1 atom stereocenters. The number of anilines is 1. The Morgan fingerprint density at radius 2 is 2.16 bits per heavy atom. The quantitative estimate of drug-likeness (QED) is 0.787. The van der Waals surface area contributed by atoms with E-state index >= 15 is 0 Å². The normalized spacial score (nSPS) is 12.5. The summed E-state index contributed by atoms with van der Waals surface area (Å²) >= 11 is 0. The van der Waals surface area contributed by atoms with Crippen molar-refractivity contribution < 1.29 is 9.13 Å². The lowest BCUT2D eigenvalue weighted by molar-refractivity contribution is 0.203. The van der Waals surface area contributed by atoms with Crippen LogP contribution in [0.3, 0.4) is 0 Å². The zero-order valence-electron chi connectivity index (χ0n) is 12.2. The van der Waals surface area contributed by atoms with Crippen molar-refractivity contribution in [1.82, 2.24) is 0 Å². The number of rotatable bonds is 8. The number of nitrogens with zero attached hydrogens (tertiary/aromatic N) is 1. The minimum absolute atomic E-state index is 0.178.